The molecule has 2 heterocycles. The lowest BCUT2D eigenvalue weighted by atomic mass is 10.2. The molecule has 2 amide bonds. The first kappa shape index (κ1) is 15.3. The Morgan fingerprint density at radius 3 is 2.72 bits per heavy atom. The van der Waals surface area contributed by atoms with E-state index in [0.29, 0.717) is 10.7 Å². The molecule has 0 aliphatic carbocycles. The summed E-state index contributed by atoms with van der Waals surface area (Å²) in [5, 5.41) is 6.58. The molecule has 2 aromatic carbocycles. The summed E-state index contributed by atoms with van der Waals surface area (Å²) in [7, 11) is 0. The van der Waals surface area contributed by atoms with E-state index in [-0.39, 0.29) is 18.2 Å². The molecule has 124 valence electrons. The minimum atomic E-state index is -0.435. The fraction of sp³-hybridized carbons (Fsp3) is 0.0556. The van der Waals surface area contributed by atoms with Gasteiger partial charge in [-0.05, 0) is 24.3 Å². The van der Waals surface area contributed by atoms with Gasteiger partial charge in [-0.15, -0.1) is 0 Å². The monoisotopic (exact) mass is 351 g/mol. The Kier molecular flexibility index (Phi) is 3.91. The molecule has 4 rings (SSSR count). The number of rotatable bonds is 4. The summed E-state index contributed by atoms with van der Waals surface area (Å²) in [4.78, 5) is 28.4. The van der Waals surface area contributed by atoms with E-state index in [9.17, 15) is 9.59 Å². The van der Waals surface area contributed by atoms with Crippen molar-refractivity contribution in [3.8, 4) is 0 Å². The zero-order chi connectivity index (χ0) is 17.2. The van der Waals surface area contributed by atoms with Crippen LogP contribution in [0.1, 0.15) is 10.6 Å². The van der Waals surface area contributed by atoms with Crippen molar-refractivity contribution in [1.29, 1.82) is 0 Å². The molecule has 4 aromatic rings. The van der Waals surface area contributed by atoms with Gasteiger partial charge in [0, 0.05) is 5.39 Å². The van der Waals surface area contributed by atoms with E-state index in [1.54, 1.807) is 12.1 Å². The fourth-order valence-electron chi connectivity index (χ4n) is 2.43. The van der Waals surface area contributed by atoms with Crippen LogP contribution in [-0.2, 0) is 4.79 Å². The molecular formula is C18H13N3O3S. The van der Waals surface area contributed by atoms with Gasteiger partial charge in [-0.1, -0.05) is 41.7 Å². The van der Waals surface area contributed by atoms with Crippen LogP contribution in [0.25, 0.3) is 21.2 Å². The highest BCUT2D eigenvalue weighted by atomic mass is 32.1. The second-order valence-corrected chi connectivity index (χ2v) is 6.40. The van der Waals surface area contributed by atoms with Crippen molar-refractivity contribution in [2.45, 2.75) is 0 Å². The van der Waals surface area contributed by atoms with Crippen molar-refractivity contribution < 1.29 is 14.0 Å². The highest BCUT2D eigenvalue weighted by Gasteiger charge is 2.14. The number of para-hydroxylation sites is 2. The van der Waals surface area contributed by atoms with Crippen molar-refractivity contribution in [2.75, 3.05) is 11.9 Å². The Balaban J connectivity index is 1.38. The van der Waals surface area contributed by atoms with Crippen molar-refractivity contribution in [2.24, 2.45) is 0 Å². The van der Waals surface area contributed by atoms with Crippen molar-refractivity contribution >= 4 is 49.5 Å². The fourth-order valence-corrected chi connectivity index (χ4v) is 3.31. The van der Waals surface area contributed by atoms with Gasteiger partial charge >= 0.3 is 0 Å². The lowest BCUT2D eigenvalue weighted by Crippen LogP contribution is -2.32. The number of fused-ring (bicyclic) bond motifs is 2. The number of nitrogens with one attached hydrogen (secondary N) is 2. The van der Waals surface area contributed by atoms with E-state index in [2.05, 4.69) is 15.6 Å². The average Bonchev–Trinajstić information content (AvgIpc) is 3.22. The molecule has 0 bridgehead atoms. The van der Waals surface area contributed by atoms with E-state index < -0.39 is 5.91 Å². The third kappa shape index (κ3) is 3.22. The molecule has 0 fully saturated rings. The smallest absolute Gasteiger partial charge is 0.287 e. The summed E-state index contributed by atoms with van der Waals surface area (Å²) < 4.78 is 6.46. The Bertz CT molecular complexity index is 1020. The minimum Gasteiger partial charge on any atom is -0.451 e. The van der Waals surface area contributed by atoms with Crippen LogP contribution in [0.4, 0.5) is 5.13 Å². The van der Waals surface area contributed by atoms with Crippen LogP contribution >= 0.6 is 11.3 Å². The number of anilines is 1. The molecule has 0 saturated carbocycles. The molecule has 0 aliphatic rings. The molecule has 0 atom stereocenters. The standard InChI is InChI=1S/C18H13N3O3S/c22-16(21-18-20-12-6-2-4-8-15(12)25-18)10-19-17(23)14-9-11-5-1-3-7-13(11)24-14/h1-9H,10H2,(H,19,23)(H,20,21,22). The number of aromatic nitrogens is 1. The summed E-state index contributed by atoms with van der Waals surface area (Å²) in [6.45, 7) is -0.161. The molecule has 7 heteroatoms. The normalized spacial score (nSPS) is 10.9. The van der Waals surface area contributed by atoms with Gasteiger partial charge < -0.3 is 15.1 Å². The van der Waals surface area contributed by atoms with E-state index in [1.807, 2.05) is 42.5 Å². The van der Waals surface area contributed by atoms with Crippen LogP contribution in [0.2, 0.25) is 0 Å². The summed E-state index contributed by atoms with van der Waals surface area (Å²) in [5.74, 6) is -0.604. The topological polar surface area (TPSA) is 84.2 Å². The molecule has 25 heavy (non-hydrogen) atoms. The Morgan fingerprint density at radius 1 is 1.08 bits per heavy atom. The largest absolute Gasteiger partial charge is 0.451 e. The van der Waals surface area contributed by atoms with Gasteiger partial charge in [0.15, 0.2) is 10.9 Å². The molecule has 6 nitrogen and oxygen atoms in total. The average molecular weight is 351 g/mol. The maximum atomic E-state index is 12.1. The second kappa shape index (κ2) is 6.37. The number of carbonyl (C=O) groups is 2. The summed E-state index contributed by atoms with van der Waals surface area (Å²) in [5.41, 5.74) is 1.46. The Labute approximate surface area is 146 Å². The van der Waals surface area contributed by atoms with E-state index in [1.165, 1.54) is 11.3 Å². The minimum absolute atomic E-state index is 0.161. The number of nitrogens with zero attached hydrogens (tertiary/aromatic N) is 1. The van der Waals surface area contributed by atoms with Crippen LogP contribution in [0.3, 0.4) is 0 Å². The number of furan rings is 1. The van der Waals surface area contributed by atoms with Gasteiger partial charge in [-0.2, -0.15) is 0 Å². The number of benzene rings is 2. The molecule has 2 aromatic heterocycles. The van der Waals surface area contributed by atoms with Crippen LogP contribution < -0.4 is 10.6 Å². The van der Waals surface area contributed by atoms with Gasteiger partial charge in [0.1, 0.15) is 5.58 Å². The molecule has 0 aliphatic heterocycles. The first-order chi connectivity index (χ1) is 12.2. The van der Waals surface area contributed by atoms with Gasteiger partial charge in [0.25, 0.3) is 5.91 Å². The highest BCUT2D eigenvalue weighted by molar-refractivity contribution is 7.22. The zero-order valence-corrected chi connectivity index (χ0v) is 13.8. The van der Waals surface area contributed by atoms with Crippen LogP contribution in [-0.4, -0.2) is 23.3 Å². The third-order valence-electron chi connectivity index (χ3n) is 3.60. The van der Waals surface area contributed by atoms with Crippen molar-refractivity contribution in [1.82, 2.24) is 10.3 Å². The molecule has 0 saturated heterocycles. The van der Waals surface area contributed by atoms with Crippen molar-refractivity contribution in [3.05, 3.63) is 60.4 Å². The van der Waals surface area contributed by atoms with Gasteiger partial charge in [-0.25, -0.2) is 4.98 Å². The van der Waals surface area contributed by atoms with Crippen LogP contribution in [0, 0.1) is 0 Å². The zero-order valence-electron chi connectivity index (χ0n) is 13.0. The SMILES string of the molecule is O=C(CNC(=O)c1cc2ccccc2o1)Nc1nc2ccccc2s1. The molecule has 0 unspecified atom stereocenters. The van der Waals surface area contributed by atoms with E-state index in [4.69, 9.17) is 4.42 Å². The van der Waals surface area contributed by atoms with Crippen LogP contribution in [0.5, 0.6) is 0 Å². The summed E-state index contributed by atoms with van der Waals surface area (Å²) in [6, 6.07) is 16.6. The third-order valence-corrected chi connectivity index (χ3v) is 4.55. The van der Waals surface area contributed by atoms with Gasteiger partial charge in [0.05, 0.1) is 16.8 Å². The summed E-state index contributed by atoms with van der Waals surface area (Å²) >= 11 is 1.38. The lowest BCUT2D eigenvalue weighted by molar-refractivity contribution is -0.115. The highest BCUT2D eigenvalue weighted by Crippen LogP contribution is 2.25. The van der Waals surface area contributed by atoms with Gasteiger partial charge in [-0.3, -0.25) is 9.59 Å². The maximum absolute atomic E-state index is 12.1. The number of hydrogen-bond acceptors (Lipinski definition) is 5. The first-order valence-electron chi connectivity index (χ1n) is 7.61. The Hall–Kier alpha value is -3.19. The first-order valence-corrected chi connectivity index (χ1v) is 8.43. The van der Waals surface area contributed by atoms with Gasteiger partial charge in [0.2, 0.25) is 5.91 Å². The van der Waals surface area contributed by atoms with Crippen molar-refractivity contribution in [3.63, 3.8) is 0 Å². The number of hydrogen-bond donors (Lipinski definition) is 2. The molecular weight excluding hydrogens is 338 g/mol. The lowest BCUT2D eigenvalue weighted by Gasteiger charge is -2.02. The predicted octanol–water partition coefficient (Wildman–Crippen LogP) is 3.41. The molecule has 0 spiro atoms. The number of carbonyl (C=O) groups excluding carboxylic acids is 2. The molecule has 2 N–H and O–H groups in total. The predicted molar refractivity (Wildman–Crippen MR) is 96.8 cm³/mol. The maximum Gasteiger partial charge on any atom is 0.287 e. The number of thiazole rings is 1. The summed E-state index contributed by atoms with van der Waals surface area (Å²) in [6.07, 6.45) is 0. The second-order valence-electron chi connectivity index (χ2n) is 5.37. The Morgan fingerprint density at radius 2 is 1.88 bits per heavy atom. The van der Waals surface area contributed by atoms with E-state index >= 15 is 0 Å². The van der Waals surface area contributed by atoms with E-state index in [0.717, 1.165) is 15.6 Å². The van der Waals surface area contributed by atoms with Crippen LogP contribution in [0.15, 0.2) is 59.0 Å². The molecule has 0 radical (unpaired) electrons. The number of amides is 2. The quantitative estimate of drug-likeness (QED) is 0.590.